The number of rotatable bonds is 6. The van der Waals surface area contributed by atoms with Crippen LogP contribution in [0.1, 0.15) is 13.3 Å². The molecule has 1 atom stereocenters. The molecule has 6 heteroatoms. The maximum atomic E-state index is 14.0. The summed E-state index contributed by atoms with van der Waals surface area (Å²) in [6.45, 7) is 1.91. The second kappa shape index (κ2) is 8.14. The van der Waals surface area contributed by atoms with Gasteiger partial charge in [0, 0.05) is 6.54 Å². The molecule has 122 valence electrons. The molecular formula is C17H19FN2O3. The van der Waals surface area contributed by atoms with Gasteiger partial charge in [0.1, 0.15) is 11.4 Å². The minimum Gasteiger partial charge on any atom is -0.455 e. The van der Waals surface area contributed by atoms with Gasteiger partial charge in [-0.2, -0.15) is 0 Å². The van der Waals surface area contributed by atoms with Crippen molar-refractivity contribution in [2.24, 2.45) is 0 Å². The number of nitrogens with one attached hydrogen (secondary N) is 2. The molecule has 2 rings (SSSR count). The van der Waals surface area contributed by atoms with Gasteiger partial charge < -0.3 is 20.5 Å². The zero-order valence-corrected chi connectivity index (χ0v) is 12.8. The Kier molecular flexibility index (Phi) is 5.94. The van der Waals surface area contributed by atoms with Crippen molar-refractivity contribution in [1.82, 2.24) is 5.32 Å². The summed E-state index contributed by atoms with van der Waals surface area (Å²) in [5.74, 6) is 0.154. The third-order valence-electron chi connectivity index (χ3n) is 3.03. The minimum atomic E-state index is -0.593. The molecule has 0 spiro atoms. The molecule has 0 heterocycles. The molecule has 2 aromatic rings. The van der Waals surface area contributed by atoms with E-state index in [1.165, 1.54) is 12.1 Å². The van der Waals surface area contributed by atoms with E-state index in [1.54, 1.807) is 37.3 Å². The number of anilines is 1. The van der Waals surface area contributed by atoms with Crippen LogP contribution in [0.3, 0.4) is 0 Å². The maximum Gasteiger partial charge on any atom is 0.319 e. The van der Waals surface area contributed by atoms with Crippen LogP contribution in [0, 0.1) is 5.82 Å². The lowest BCUT2D eigenvalue weighted by Gasteiger charge is -2.14. The lowest BCUT2D eigenvalue weighted by molar-refractivity contribution is 0.184. The fraction of sp³-hybridized carbons (Fsp3) is 0.235. The average molecular weight is 318 g/mol. The van der Waals surface area contributed by atoms with Crippen molar-refractivity contribution in [2.45, 2.75) is 19.4 Å². The van der Waals surface area contributed by atoms with E-state index in [1.807, 2.05) is 6.07 Å². The predicted octanol–water partition coefficient (Wildman–Crippen LogP) is 3.51. The number of para-hydroxylation sites is 2. The molecule has 23 heavy (non-hydrogen) atoms. The molecular weight excluding hydrogens is 299 g/mol. The van der Waals surface area contributed by atoms with Crippen LogP contribution >= 0.6 is 0 Å². The van der Waals surface area contributed by atoms with Crippen molar-refractivity contribution in [1.29, 1.82) is 0 Å². The molecule has 3 N–H and O–H groups in total. The first-order valence-electron chi connectivity index (χ1n) is 7.30. The summed E-state index contributed by atoms with van der Waals surface area (Å²) in [4.78, 5) is 11.8. The normalized spacial score (nSPS) is 11.6. The number of aliphatic hydroxyl groups excluding tert-OH is 1. The Bertz CT molecular complexity index is 648. The largest absolute Gasteiger partial charge is 0.455 e. The Hall–Kier alpha value is -2.60. The standard InChI is InChI=1S/C17H19FN2O3/c1-12(21)10-11-19-17(22)20-16-14(18)8-5-9-15(16)23-13-6-3-2-4-7-13/h2-9,12,21H,10-11H2,1H3,(H2,19,20,22). The van der Waals surface area contributed by atoms with Crippen molar-refractivity contribution in [3.05, 3.63) is 54.3 Å². The first-order valence-corrected chi connectivity index (χ1v) is 7.30. The van der Waals surface area contributed by atoms with Gasteiger partial charge in [-0.1, -0.05) is 24.3 Å². The molecule has 0 radical (unpaired) electrons. The second-order valence-electron chi connectivity index (χ2n) is 5.05. The molecule has 0 saturated heterocycles. The maximum absolute atomic E-state index is 14.0. The van der Waals surface area contributed by atoms with Gasteiger partial charge in [-0.3, -0.25) is 0 Å². The van der Waals surface area contributed by atoms with Gasteiger partial charge in [0.2, 0.25) is 0 Å². The third kappa shape index (κ3) is 5.27. The van der Waals surface area contributed by atoms with Gasteiger partial charge in [-0.25, -0.2) is 9.18 Å². The number of amides is 2. The van der Waals surface area contributed by atoms with Gasteiger partial charge in [-0.15, -0.1) is 0 Å². The summed E-state index contributed by atoms with van der Waals surface area (Å²) in [5.41, 5.74) is -0.0362. The summed E-state index contributed by atoms with van der Waals surface area (Å²) in [6.07, 6.45) is -0.0985. The van der Waals surface area contributed by atoms with Crippen molar-refractivity contribution >= 4 is 11.7 Å². The van der Waals surface area contributed by atoms with Crippen molar-refractivity contribution in [3.63, 3.8) is 0 Å². The third-order valence-corrected chi connectivity index (χ3v) is 3.03. The van der Waals surface area contributed by atoms with Gasteiger partial charge in [-0.05, 0) is 37.6 Å². The number of hydrogen-bond donors (Lipinski definition) is 3. The molecule has 2 aromatic carbocycles. The van der Waals surface area contributed by atoms with E-state index in [9.17, 15) is 9.18 Å². The predicted molar refractivity (Wildman–Crippen MR) is 86.2 cm³/mol. The number of aliphatic hydroxyl groups is 1. The molecule has 0 fully saturated rings. The van der Waals surface area contributed by atoms with Crippen LogP contribution in [0.5, 0.6) is 11.5 Å². The van der Waals surface area contributed by atoms with Crippen LogP contribution in [0.25, 0.3) is 0 Å². The average Bonchev–Trinajstić information content (AvgIpc) is 2.51. The van der Waals surface area contributed by atoms with Crippen LogP contribution in [-0.2, 0) is 0 Å². The zero-order chi connectivity index (χ0) is 16.7. The highest BCUT2D eigenvalue weighted by molar-refractivity contribution is 5.91. The highest BCUT2D eigenvalue weighted by Crippen LogP contribution is 2.31. The summed E-state index contributed by atoms with van der Waals surface area (Å²) in [6, 6.07) is 12.7. The van der Waals surface area contributed by atoms with E-state index in [2.05, 4.69) is 10.6 Å². The SMILES string of the molecule is CC(O)CCNC(=O)Nc1c(F)cccc1Oc1ccccc1. The summed E-state index contributed by atoms with van der Waals surface area (Å²) in [7, 11) is 0. The van der Waals surface area contributed by atoms with Gasteiger partial charge in [0.05, 0.1) is 6.10 Å². The van der Waals surface area contributed by atoms with E-state index < -0.39 is 18.0 Å². The van der Waals surface area contributed by atoms with Gasteiger partial charge in [0.15, 0.2) is 11.6 Å². The molecule has 0 saturated carbocycles. The number of halogens is 1. The van der Waals surface area contributed by atoms with E-state index in [0.29, 0.717) is 12.2 Å². The Morgan fingerprint density at radius 3 is 2.65 bits per heavy atom. The smallest absolute Gasteiger partial charge is 0.319 e. The first kappa shape index (κ1) is 16.8. The Balaban J connectivity index is 2.07. The number of ether oxygens (including phenoxy) is 1. The van der Waals surface area contributed by atoms with Crippen molar-refractivity contribution in [3.8, 4) is 11.5 Å². The quantitative estimate of drug-likeness (QED) is 0.763. The second-order valence-corrected chi connectivity index (χ2v) is 5.05. The first-order chi connectivity index (χ1) is 11.1. The number of hydrogen-bond acceptors (Lipinski definition) is 3. The molecule has 0 bridgehead atoms. The number of carbonyl (C=O) groups excluding carboxylic acids is 1. The molecule has 0 aromatic heterocycles. The van der Waals surface area contributed by atoms with Crippen molar-refractivity contribution < 1.29 is 19.0 Å². The molecule has 0 aliphatic rings. The Labute approximate surface area is 134 Å². The number of carbonyl (C=O) groups is 1. The van der Waals surface area contributed by atoms with E-state index in [0.717, 1.165) is 0 Å². The Morgan fingerprint density at radius 2 is 1.96 bits per heavy atom. The topological polar surface area (TPSA) is 70.6 Å². The van der Waals surface area contributed by atoms with Crippen LogP contribution < -0.4 is 15.4 Å². The van der Waals surface area contributed by atoms with E-state index >= 15 is 0 Å². The molecule has 5 nitrogen and oxygen atoms in total. The van der Waals surface area contributed by atoms with Crippen LogP contribution in [0.2, 0.25) is 0 Å². The molecule has 0 aliphatic heterocycles. The summed E-state index contributed by atoms with van der Waals surface area (Å²) >= 11 is 0. The van der Waals surface area contributed by atoms with Gasteiger partial charge in [0.25, 0.3) is 0 Å². The molecule has 0 aliphatic carbocycles. The van der Waals surface area contributed by atoms with Crippen LogP contribution in [0.15, 0.2) is 48.5 Å². The van der Waals surface area contributed by atoms with Crippen LogP contribution in [0.4, 0.5) is 14.9 Å². The lowest BCUT2D eigenvalue weighted by Crippen LogP contribution is -2.31. The minimum absolute atomic E-state index is 0.0362. The lowest BCUT2D eigenvalue weighted by atomic mass is 10.2. The fourth-order valence-electron chi connectivity index (χ4n) is 1.88. The molecule has 2 amide bonds. The molecule has 1 unspecified atom stereocenters. The summed E-state index contributed by atoms with van der Waals surface area (Å²) < 4.78 is 19.6. The van der Waals surface area contributed by atoms with Crippen molar-refractivity contribution in [2.75, 3.05) is 11.9 Å². The zero-order valence-electron chi connectivity index (χ0n) is 12.8. The van der Waals surface area contributed by atoms with E-state index in [4.69, 9.17) is 9.84 Å². The van der Waals surface area contributed by atoms with Crippen LogP contribution in [-0.4, -0.2) is 23.8 Å². The number of benzene rings is 2. The Morgan fingerprint density at radius 1 is 1.22 bits per heavy atom. The summed E-state index contributed by atoms with van der Waals surface area (Å²) in [5, 5.41) is 14.1. The number of urea groups is 1. The highest BCUT2D eigenvalue weighted by Gasteiger charge is 2.13. The van der Waals surface area contributed by atoms with Gasteiger partial charge >= 0.3 is 6.03 Å². The highest BCUT2D eigenvalue weighted by atomic mass is 19.1. The fourth-order valence-corrected chi connectivity index (χ4v) is 1.88. The van der Waals surface area contributed by atoms with E-state index in [-0.39, 0.29) is 18.0 Å². The monoisotopic (exact) mass is 318 g/mol.